The van der Waals surface area contributed by atoms with Crippen molar-refractivity contribution in [3.8, 4) is 0 Å². The van der Waals surface area contributed by atoms with Gasteiger partial charge in [0.15, 0.2) is 0 Å². The molecule has 1 saturated heterocycles. The number of nitrogens with one attached hydrogen (secondary N) is 2. The summed E-state index contributed by atoms with van der Waals surface area (Å²) in [6, 6.07) is 17.2. The number of carbonyl (C=O) groups excluding carboxylic acids is 2. The summed E-state index contributed by atoms with van der Waals surface area (Å²) in [5.74, 6) is -0.464. The number of hydrogen-bond acceptors (Lipinski definition) is 4. The first-order valence-electron chi connectivity index (χ1n) is 10.0. The van der Waals surface area contributed by atoms with Gasteiger partial charge in [-0.15, -0.1) is 0 Å². The minimum atomic E-state index is -0.250. The Morgan fingerprint density at radius 1 is 0.931 bits per heavy atom. The van der Waals surface area contributed by atoms with Gasteiger partial charge in [-0.3, -0.25) is 14.5 Å². The first-order chi connectivity index (χ1) is 14.0. The Morgan fingerprint density at radius 2 is 1.59 bits per heavy atom. The molecule has 2 amide bonds. The van der Waals surface area contributed by atoms with E-state index in [-0.39, 0.29) is 30.6 Å². The SMILES string of the molecule is CC1CN(Cc2ccc(C(=O)NCC(=O)NCc3ccccc3)cc2)CC(C)O1. The van der Waals surface area contributed by atoms with Crippen molar-refractivity contribution in [3.63, 3.8) is 0 Å². The smallest absolute Gasteiger partial charge is 0.251 e. The van der Waals surface area contributed by atoms with Crippen molar-refractivity contribution in [1.82, 2.24) is 15.5 Å². The normalized spacial score (nSPS) is 19.5. The molecule has 1 aliphatic heterocycles. The zero-order valence-electron chi connectivity index (χ0n) is 17.1. The Hall–Kier alpha value is -2.70. The first-order valence-corrected chi connectivity index (χ1v) is 10.0. The van der Waals surface area contributed by atoms with Crippen LogP contribution < -0.4 is 10.6 Å². The van der Waals surface area contributed by atoms with Gasteiger partial charge in [-0.2, -0.15) is 0 Å². The molecule has 6 nitrogen and oxygen atoms in total. The molecule has 0 aromatic heterocycles. The van der Waals surface area contributed by atoms with Gasteiger partial charge in [0.25, 0.3) is 5.91 Å². The second-order valence-corrected chi connectivity index (χ2v) is 7.59. The lowest BCUT2D eigenvalue weighted by Gasteiger charge is -2.35. The van der Waals surface area contributed by atoms with E-state index < -0.39 is 0 Å². The van der Waals surface area contributed by atoms with Crippen LogP contribution in [0.3, 0.4) is 0 Å². The van der Waals surface area contributed by atoms with Crippen LogP contribution in [-0.2, 0) is 22.6 Å². The van der Waals surface area contributed by atoms with E-state index in [0.29, 0.717) is 12.1 Å². The minimum absolute atomic E-state index is 0.0447. The van der Waals surface area contributed by atoms with Gasteiger partial charge in [0, 0.05) is 31.7 Å². The standard InChI is InChI=1S/C23H29N3O3/c1-17-14-26(15-18(2)29-17)16-20-8-10-21(11-9-20)23(28)25-13-22(27)24-12-19-6-4-3-5-7-19/h3-11,17-18H,12-16H2,1-2H3,(H,24,27)(H,25,28). The number of ether oxygens (including phenoxy) is 1. The monoisotopic (exact) mass is 395 g/mol. The lowest BCUT2D eigenvalue weighted by Crippen LogP contribution is -2.44. The second kappa shape index (κ2) is 10.2. The predicted molar refractivity (Wildman–Crippen MR) is 112 cm³/mol. The fraction of sp³-hybridized carbons (Fsp3) is 0.391. The maximum atomic E-state index is 12.3. The summed E-state index contributed by atoms with van der Waals surface area (Å²) in [7, 11) is 0. The molecule has 1 aliphatic rings. The molecule has 2 aromatic carbocycles. The summed E-state index contributed by atoms with van der Waals surface area (Å²) in [5, 5.41) is 5.47. The van der Waals surface area contributed by atoms with E-state index in [1.807, 2.05) is 42.5 Å². The van der Waals surface area contributed by atoms with Crippen LogP contribution in [0.4, 0.5) is 0 Å². The van der Waals surface area contributed by atoms with Crippen LogP contribution in [0.2, 0.25) is 0 Å². The van der Waals surface area contributed by atoms with Gasteiger partial charge in [-0.25, -0.2) is 0 Å². The molecule has 2 atom stereocenters. The van der Waals surface area contributed by atoms with Crippen LogP contribution in [0.1, 0.15) is 35.3 Å². The number of amides is 2. The largest absolute Gasteiger partial charge is 0.373 e. The molecule has 0 bridgehead atoms. The van der Waals surface area contributed by atoms with E-state index >= 15 is 0 Å². The van der Waals surface area contributed by atoms with Gasteiger partial charge in [0.05, 0.1) is 18.8 Å². The topological polar surface area (TPSA) is 70.7 Å². The predicted octanol–water partition coefficient (Wildman–Crippen LogP) is 2.34. The lowest BCUT2D eigenvalue weighted by molar-refractivity contribution is -0.120. The molecule has 2 N–H and O–H groups in total. The maximum Gasteiger partial charge on any atom is 0.251 e. The average Bonchev–Trinajstić information content (AvgIpc) is 2.71. The van der Waals surface area contributed by atoms with E-state index in [2.05, 4.69) is 29.4 Å². The molecule has 2 aromatic rings. The molecule has 0 aliphatic carbocycles. The highest BCUT2D eigenvalue weighted by Crippen LogP contribution is 2.14. The van der Waals surface area contributed by atoms with E-state index in [1.165, 1.54) is 0 Å². The van der Waals surface area contributed by atoms with Crippen molar-refractivity contribution >= 4 is 11.8 Å². The third kappa shape index (κ3) is 6.69. The molecule has 2 unspecified atom stereocenters. The minimum Gasteiger partial charge on any atom is -0.373 e. The van der Waals surface area contributed by atoms with Crippen molar-refractivity contribution < 1.29 is 14.3 Å². The van der Waals surface area contributed by atoms with Crippen LogP contribution in [0.15, 0.2) is 54.6 Å². The summed E-state index contributed by atoms with van der Waals surface area (Å²) in [4.78, 5) is 26.6. The molecule has 0 radical (unpaired) electrons. The zero-order chi connectivity index (χ0) is 20.6. The number of nitrogens with zero attached hydrogens (tertiary/aromatic N) is 1. The molecule has 1 fully saturated rings. The van der Waals surface area contributed by atoms with Crippen molar-refractivity contribution in [3.05, 3.63) is 71.3 Å². The molecule has 6 heteroatoms. The van der Waals surface area contributed by atoms with Crippen molar-refractivity contribution in [2.75, 3.05) is 19.6 Å². The van der Waals surface area contributed by atoms with Gasteiger partial charge < -0.3 is 15.4 Å². The average molecular weight is 396 g/mol. The van der Waals surface area contributed by atoms with E-state index in [4.69, 9.17) is 4.74 Å². The molecule has 29 heavy (non-hydrogen) atoms. The van der Waals surface area contributed by atoms with Gasteiger partial charge in [-0.1, -0.05) is 42.5 Å². The molecule has 1 heterocycles. The van der Waals surface area contributed by atoms with E-state index in [1.54, 1.807) is 12.1 Å². The van der Waals surface area contributed by atoms with Crippen molar-refractivity contribution in [2.24, 2.45) is 0 Å². The molecule has 154 valence electrons. The van der Waals surface area contributed by atoms with Gasteiger partial charge >= 0.3 is 0 Å². The van der Waals surface area contributed by atoms with E-state index in [9.17, 15) is 9.59 Å². The number of carbonyl (C=O) groups is 2. The van der Waals surface area contributed by atoms with Gasteiger partial charge in [0.2, 0.25) is 5.91 Å². The van der Waals surface area contributed by atoms with E-state index in [0.717, 1.165) is 30.8 Å². The highest BCUT2D eigenvalue weighted by molar-refractivity contribution is 5.96. The van der Waals surface area contributed by atoms with Gasteiger partial charge in [0.1, 0.15) is 0 Å². The van der Waals surface area contributed by atoms with Crippen LogP contribution in [0, 0.1) is 0 Å². The zero-order valence-corrected chi connectivity index (χ0v) is 17.1. The Balaban J connectivity index is 1.43. The third-order valence-corrected chi connectivity index (χ3v) is 4.86. The number of morpholine rings is 1. The molecular formula is C23H29N3O3. The second-order valence-electron chi connectivity index (χ2n) is 7.59. The number of hydrogen-bond donors (Lipinski definition) is 2. The summed E-state index contributed by atoms with van der Waals surface area (Å²) in [5.41, 5.74) is 2.73. The lowest BCUT2D eigenvalue weighted by atomic mass is 10.1. The van der Waals surface area contributed by atoms with Crippen LogP contribution in [-0.4, -0.2) is 48.6 Å². The summed E-state index contributed by atoms with van der Waals surface area (Å²) >= 11 is 0. The Labute approximate surface area is 172 Å². The number of rotatable bonds is 7. The highest BCUT2D eigenvalue weighted by atomic mass is 16.5. The Kier molecular flexibility index (Phi) is 7.38. The summed E-state index contributed by atoms with van der Waals surface area (Å²) in [6.45, 7) is 7.23. The van der Waals surface area contributed by atoms with Crippen LogP contribution >= 0.6 is 0 Å². The number of benzene rings is 2. The highest BCUT2D eigenvalue weighted by Gasteiger charge is 2.22. The maximum absolute atomic E-state index is 12.3. The molecular weight excluding hydrogens is 366 g/mol. The third-order valence-electron chi connectivity index (χ3n) is 4.86. The van der Waals surface area contributed by atoms with Crippen molar-refractivity contribution in [1.29, 1.82) is 0 Å². The summed E-state index contributed by atoms with van der Waals surface area (Å²) < 4.78 is 5.77. The van der Waals surface area contributed by atoms with Crippen LogP contribution in [0.5, 0.6) is 0 Å². The van der Waals surface area contributed by atoms with Crippen molar-refractivity contribution in [2.45, 2.75) is 39.1 Å². The Morgan fingerprint density at radius 3 is 2.24 bits per heavy atom. The molecule has 0 spiro atoms. The molecule has 0 saturated carbocycles. The fourth-order valence-electron chi connectivity index (χ4n) is 3.55. The fourth-order valence-corrected chi connectivity index (χ4v) is 3.55. The molecule has 3 rings (SSSR count). The Bertz CT molecular complexity index is 798. The first kappa shape index (κ1) is 21.0. The van der Waals surface area contributed by atoms with Crippen LogP contribution in [0.25, 0.3) is 0 Å². The quantitative estimate of drug-likeness (QED) is 0.755. The summed E-state index contributed by atoms with van der Waals surface area (Å²) in [6.07, 6.45) is 0.466. The van der Waals surface area contributed by atoms with Gasteiger partial charge in [-0.05, 0) is 37.1 Å².